The minimum Gasteiger partial charge on any atom is -0.497 e. The molecule has 3 atom stereocenters. The zero-order valence-electron chi connectivity index (χ0n) is 14.0. The van der Waals surface area contributed by atoms with E-state index in [1.165, 1.54) is 6.42 Å². The van der Waals surface area contributed by atoms with Gasteiger partial charge in [0.1, 0.15) is 11.5 Å². The number of anilines is 1. The smallest absolute Gasteiger partial charge is 0.146 e. The normalized spacial score (nSPS) is 26.0. The fourth-order valence-electron chi connectivity index (χ4n) is 3.86. The molecular weight excluding hydrogens is 294 g/mol. The quantitative estimate of drug-likeness (QED) is 0.788. The Labute approximate surface area is 137 Å². The fraction of sp³-hybridized carbons (Fsp3) is 0.667. The van der Waals surface area contributed by atoms with Gasteiger partial charge in [-0.3, -0.25) is 0 Å². The van der Waals surface area contributed by atoms with Gasteiger partial charge in [0.25, 0.3) is 0 Å². The first kappa shape index (κ1) is 16.4. The van der Waals surface area contributed by atoms with Crippen molar-refractivity contribution in [2.75, 3.05) is 32.8 Å². The fourth-order valence-corrected chi connectivity index (χ4v) is 3.86. The third-order valence-electron chi connectivity index (χ3n) is 5.01. The molecule has 128 valence electrons. The number of fused-ring (bicyclic) bond motifs is 3. The number of nitrogens with one attached hydrogen (secondary N) is 1. The molecule has 1 aromatic rings. The number of hydrogen-bond acceptors (Lipinski definition) is 5. The highest BCUT2D eigenvalue weighted by molar-refractivity contribution is 5.67. The van der Waals surface area contributed by atoms with Crippen LogP contribution in [0.4, 0.5) is 5.69 Å². The summed E-state index contributed by atoms with van der Waals surface area (Å²) in [5, 5.41) is 12.7. The van der Waals surface area contributed by atoms with Crippen molar-refractivity contribution in [3.63, 3.8) is 0 Å². The molecule has 3 rings (SSSR count). The monoisotopic (exact) mass is 321 g/mol. The van der Waals surface area contributed by atoms with Gasteiger partial charge in [0.2, 0.25) is 0 Å². The van der Waals surface area contributed by atoms with Crippen molar-refractivity contribution in [1.82, 2.24) is 0 Å². The van der Waals surface area contributed by atoms with Gasteiger partial charge in [0, 0.05) is 36.8 Å². The van der Waals surface area contributed by atoms with Crippen LogP contribution in [0.2, 0.25) is 0 Å². The lowest BCUT2D eigenvalue weighted by atomic mass is 9.78. The summed E-state index contributed by atoms with van der Waals surface area (Å²) in [6.07, 6.45) is 5.28. The molecule has 0 aromatic heterocycles. The standard InChI is InChI=1S/C18H27NO4/c1-21-12-10-14-17(16(11-12)22-2)19-15(7-3-4-8-20)13-6-5-9-23-18(13)14/h10-11,13,15,18-20H,3-9H2,1-2H3. The Morgan fingerprint density at radius 2 is 2.13 bits per heavy atom. The molecule has 3 unspecified atom stereocenters. The van der Waals surface area contributed by atoms with Gasteiger partial charge in [-0.25, -0.2) is 0 Å². The van der Waals surface area contributed by atoms with E-state index in [-0.39, 0.29) is 12.7 Å². The third kappa shape index (κ3) is 3.26. The summed E-state index contributed by atoms with van der Waals surface area (Å²) in [5.74, 6) is 2.07. The van der Waals surface area contributed by atoms with E-state index >= 15 is 0 Å². The van der Waals surface area contributed by atoms with Crippen LogP contribution in [0, 0.1) is 5.92 Å². The molecule has 1 fully saturated rings. The van der Waals surface area contributed by atoms with E-state index in [1.54, 1.807) is 14.2 Å². The van der Waals surface area contributed by atoms with Gasteiger partial charge in [0.05, 0.1) is 26.0 Å². The second-order valence-electron chi connectivity index (χ2n) is 6.36. The maximum atomic E-state index is 9.05. The van der Waals surface area contributed by atoms with Crippen LogP contribution in [0.3, 0.4) is 0 Å². The minimum atomic E-state index is 0.100. The highest BCUT2D eigenvalue weighted by atomic mass is 16.5. The second-order valence-corrected chi connectivity index (χ2v) is 6.36. The van der Waals surface area contributed by atoms with Crippen LogP contribution in [0.15, 0.2) is 12.1 Å². The van der Waals surface area contributed by atoms with E-state index in [0.29, 0.717) is 12.0 Å². The van der Waals surface area contributed by atoms with Crippen molar-refractivity contribution in [2.24, 2.45) is 5.92 Å². The Morgan fingerprint density at radius 3 is 2.87 bits per heavy atom. The molecule has 2 heterocycles. The molecule has 0 aliphatic carbocycles. The van der Waals surface area contributed by atoms with Crippen LogP contribution in [-0.4, -0.2) is 38.6 Å². The van der Waals surface area contributed by atoms with E-state index in [1.807, 2.05) is 6.07 Å². The van der Waals surface area contributed by atoms with Crippen LogP contribution >= 0.6 is 0 Å². The first-order valence-corrected chi connectivity index (χ1v) is 8.53. The first-order chi connectivity index (χ1) is 11.3. The largest absolute Gasteiger partial charge is 0.497 e. The molecule has 0 spiro atoms. The SMILES string of the molecule is COc1cc(OC)c2c(c1)C1OCCCC1C(CCCCO)N2. The molecular formula is C18H27NO4. The van der Waals surface area contributed by atoms with Crippen LogP contribution < -0.4 is 14.8 Å². The third-order valence-corrected chi connectivity index (χ3v) is 5.01. The number of unbranched alkanes of at least 4 members (excludes halogenated alkanes) is 1. The van der Waals surface area contributed by atoms with E-state index in [2.05, 4.69) is 11.4 Å². The Hall–Kier alpha value is -1.46. The average molecular weight is 321 g/mol. The number of methoxy groups -OCH3 is 2. The number of aliphatic hydroxyl groups is 1. The maximum absolute atomic E-state index is 9.05. The highest BCUT2D eigenvalue weighted by Crippen LogP contribution is 2.49. The van der Waals surface area contributed by atoms with Crippen LogP contribution in [0.25, 0.3) is 0 Å². The molecule has 2 aliphatic rings. The summed E-state index contributed by atoms with van der Waals surface area (Å²) in [6.45, 7) is 1.07. The predicted molar refractivity (Wildman–Crippen MR) is 89.3 cm³/mol. The van der Waals surface area contributed by atoms with Gasteiger partial charge in [-0.1, -0.05) is 0 Å². The second kappa shape index (κ2) is 7.41. The number of hydrogen-bond donors (Lipinski definition) is 2. The van der Waals surface area contributed by atoms with Gasteiger partial charge in [-0.05, 0) is 38.2 Å². The Balaban J connectivity index is 1.93. The number of rotatable bonds is 6. The van der Waals surface area contributed by atoms with Gasteiger partial charge in [-0.2, -0.15) is 0 Å². The summed E-state index contributed by atoms with van der Waals surface area (Å²) >= 11 is 0. The van der Waals surface area contributed by atoms with Crippen molar-refractivity contribution in [3.8, 4) is 11.5 Å². The lowest BCUT2D eigenvalue weighted by molar-refractivity contribution is -0.0389. The molecule has 5 heteroatoms. The predicted octanol–water partition coefficient (Wildman–Crippen LogP) is 3.13. The van der Waals surface area contributed by atoms with E-state index in [4.69, 9.17) is 19.3 Å². The molecule has 0 radical (unpaired) electrons. The van der Waals surface area contributed by atoms with Crippen LogP contribution in [-0.2, 0) is 4.74 Å². The Bertz CT molecular complexity index is 534. The maximum Gasteiger partial charge on any atom is 0.146 e. The highest BCUT2D eigenvalue weighted by Gasteiger charge is 2.40. The van der Waals surface area contributed by atoms with Crippen LogP contribution in [0.5, 0.6) is 11.5 Å². The number of aliphatic hydroxyl groups excluding tert-OH is 1. The lowest BCUT2D eigenvalue weighted by Crippen LogP contribution is -2.41. The van der Waals surface area contributed by atoms with Gasteiger partial charge in [-0.15, -0.1) is 0 Å². The summed E-state index contributed by atoms with van der Waals surface area (Å²) < 4.78 is 17.1. The molecule has 2 aliphatic heterocycles. The van der Waals surface area contributed by atoms with Crippen molar-refractivity contribution >= 4 is 5.69 Å². The van der Waals surface area contributed by atoms with E-state index < -0.39 is 0 Å². The summed E-state index contributed by atoms with van der Waals surface area (Å²) in [4.78, 5) is 0. The van der Waals surface area contributed by atoms with Crippen molar-refractivity contribution in [1.29, 1.82) is 0 Å². The van der Waals surface area contributed by atoms with Crippen LogP contribution in [0.1, 0.15) is 43.8 Å². The number of ether oxygens (including phenoxy) is 3. The van der Waals surface area contributed by atoms with E-state index in [0.717, 1.165) is 55.0 Å². The zero-order valence-corrected chi connectivity index (χ0v) is 14.0. The molecule has 5 nitrogen and oxygen atoms in total. The summed E-state index contributed by atoms with van der Waals surface area (Å²) in [5.41, 5.74) is 2.18. The van der Waals surface area contributed by atoms with E-state index in [9.17, 15) is 0 Å². The summed E-state index contributed by atoms with van der Waals surface area (Å²) in [6, 6.07) is 4.35. The molecule has 2 N–H and O–H groups in total. The Morgan fingerprint density at radius 1 is 1.26 bits per heavy atom. The van der Waals surface area contributed by atoms with Gasteiger partial charge < -0.3 is 24.6 Å². The zero-order chi connectivity index (χ0) is 16.2. The molecule has 1 saturated heterocycles. The van der Waals surface area contributed by atoms with Gasteiger partial charge in [0.15, 0.2) is 0 Å². The molecule has 0 saturated carbocycles. The van der Waals surface area contributed by atoms with Gasteiger partial charge >= 0.3 is 0 Å². The average Bonchev–Trinajstić information content (AvgIpc) is 2.61. The minimum absolute atomic E-state index is 0.100. The van der Waals surface area contributed by atoms with Crippen molar-refractivity contribution in [2.45, 2.75) is 44.2 Å². The molecule has 1 aromatic carbocycles. The summed E-state index contributed by atoms with van der Waals surface area (Å²) in [7, 11) is 3.36. The Kier molecular flexibility index (Phi) is 5.28. The van der Waals surface area contributed by atoms with Crippen molar-refractivity contribution < 1.29 is 19.3 Å². The topological polar surface area (TPSA) is 60.0 Å². The molecule has 23 heavy (non-hydrogen) atoms. The molecule has 0 amide bonds. The van der Waals surface area contributed by atoms with Crippen molar-refractivity contribution in [3.05, 3.63) is 17.7 Å². The number of benzene rings is 1. The lowest BCUT2D eigenvalue weighted by Gasteiger charge is -2.43. The first-order valence-electron chi connectivity index (χ1n) is 8.53. The molecule has 0 bridgehead atoms.